The van der Waals surface area contributed by atoms with E-state index in [1.54, 1.807) is 0 Å². The first kappa shape index (κ1) is 14.9. The Bertz CT molecular complexity index is 702. The van der Waals surface area contributed by atoms with E-state index in [1.165, 1.54) is 17.4 Å². The van der Waals surface area contributed by atoms with E-state index in [0.717, 1.165) is 23.1 Å². The van der Waals surface area contributed by atoms with Crippen LogP contribution in [-0.4, -0.2) is 15.8 Å². The summed E-state index contributed by atoms with van der Waals surface area (Å²) in [6.45, 7) is 3.88. The van der Waals surface area contributed by atoms with Crippen LogP contribution >= 0.6 is 11.3 Å². The van der Waals surface area contributed by atoms with Gasteiger partial charge in [-0.05, 0) is 25.5 Å². The number of amides is 1. The molecular weight excluding hydrogens is 294 g/mol. The summed E-state index contributed by atoms with van der Waals surface area (Å²) in [5, 5.41) is 13.5. The van der Waals surface area contributed by atoms with Gasteiger partial charge >= 0.3 is 5.88 Å². The number of rotatable bonds is 5. The van der Waals surface area contributed by atoms with Gasteiger partial charge in [-0.25, -0.2) is 4.98 Å². The molecule has 110 valence electrons. The second-order valence-electron chi connectivity index (χ2n) is 4.03. The van der Waals surface area contributed by atoms with Gasteiger partial charge in [0, 0.05) is 0 Å². The van der Waals surface area contributed by atoms with E-state index in [2.05, 4.69) is 10.3 Å². The average Bonchev–Trinajstić information content (AvgIpc) is 3.06. The van der Waals surface area contributed by atoms with Crippen molar-refractivity contribution in [3.63, 3.8) is 0 Å². The largest absolute Gasteiger partial charge is 0.433 e. The zero-order valence-electron chi connectivity index (χ0n) is 11.5. The van der Waals surface area contributed by atoms with Crippen LogP contribution in [0, 0.1) is 10.1 Å². The predicted octanol–water partition coefficient (Wildman–Crippen LogP) is 3.49. The number of furan rings is 1. The van der Waals surface area contributed by atoms with Crippen molar-refractivity contribution >= 4 is 34.3 Å². The summed E-state index contributed by atoms with van der Waals surface area (Å²) in [6.07, 6.45) is 4.57. The summed E-state index contributed by atoms with van der Waals surface area (Å²) < 4.78 is 4.84. The van der Waals surface area contributed by atoms with Gasteiger partial charge in [0.15, 0.2) is 10.9 Å². The van der Waals surface area contributed by atoms with E-state index >= 15 is 0 Å². The highest BCUT2D eigenvalue weighted by Crippen LogP contribution is 2.26. The van der Waals surface area contributed by atoms with E-state index in [0.29, 0.717) is 5.13 Å². The van der Waals surface area contributed by atoms with Gasteiger partial charge in [-0.15, -0.1) is 0 Å². The summed E-state index contributed by atoms with van der Waals surface area (Å²) in [5.41, 5.74) is 0.888. The molecule has 0 spiro atoms. The normalized spacial score (nSPS) is 11.0. The molecular formula is C13H13N3O4S. The molecule has 0 fully saturated rings. The number of hydrogen-bond acceptors (Lipinski definition) is 6. The minimum absolute atomic E-state index is 0.123. The highest BCUT2D eigenvalue weighted by Gasteiger charge is 2.18. The molecule has 0 aliphatic rings. The molecule has 21 heavy (non-hydrogen) atoms. The third kappa shape index (κ3) is 3.34. The molecule has 2 aromatic heterocycles. The van der Waals surface area contributed by atoms with Crippen LogP contribution in [-0.2, 0) is 6.42 Å². The lowest BCUT2D eigenvalue weighted by Gasteiger charge is -1.96. The van der Waals surface area contributed by atoms with E-state index in [1.807, 2.05) is 26.0 Å². The van der Waals surface area contributed by atoms with Gasteiger partial charge in [0.05, 0.1) is 16.6 Å². The maximum absolute atomic E-state index is 11.9. The fourth-order valence-electron chi connectivity index (χ4n) is 1.66. The van der Waals surface area contributed by atoms with Crippen LogP contribution in [0.25, 0.3) is 6.08 Å². The van der Waals surface area contributed by atoms with Crippen LogP contribution in [0.5, 0.6) is 0 Å². The minimum atomic E-state index is -0.695. The Morgan fingerprint density at radius 2 is 2.33 bits per heavy atom. The molecule has 2 aromatic rings. The minimum Gasteiger partial charge on any atom is -0.395 e. The molecule has 8 heteroatoms. The molecule has 2 rings (SSSR count). The van der Waals surface area contributed by atoms with Crippen LogP contribution in [0.1, 0.15) is 35.0 Å². The van der Waals surface area contributed by atoms with Crippen LogP contribution in [0.4, 0.5) is 11.0 Å². The first-order valence-corrected chi connectivity index (χ1v) is 7.04. The van der Waals surface area contributed by atoms with Gasteiger partial charge in [0.1, 0.15) is 4.92 Å². The molecule has 0 saturated heterocycles. The molecule has 0 aliphatic carbocycles. The zero-order chi connectivity index (χ0) is 15.4. The fraction of sp³-hybridized carbons (Fsp3) is 0.231. The van der Waals surface area contributed by atoms with Crippen molar-refractivity contribution in [3.05, 3.63) is 44.7 Å². The van der Waals surface area contributed by atoms with Crippen LogP contribution in [0.15, 0.2) is 22.6 Å². The summed E-state index contributed by atoms with van der Waals surface area (Å²) in [5.74, 6) is -1.16. The smallest absolute Gasteiger partial charge is 0.395 e. The Hall–Kier alpha value is -2.48. The lowest BCUT2D eigenvalue weighted by molar-refractivity contribution is -0.402. The van der Waals surface area contributed by atoms with Crippen molar-refractivity contribution in [3.8, 4) is 0 Å². The molecule has 0 unspecified atom stereocenters. The van der Waals surface area contributed by atoms with Crippen molar-refractivity contribution in [1.29, 1.82) is 0 Å². The van der Waals surface area contributed by atoms with E-state index in [-0.39, 0.29) is 5.76 Å². The van der Waals surface area contributed by atoms with Gasteiger partial charge in [0.25, 0.3) is 5.91 Å². The lowest BCUT2D eigenvalue weighted by atomic mass is 10.3. The van der Waals surface area contributed by atoms with E-state index in [9.17, 15) is 14.9 Å². The van der Waals surface area contributed by atoms with Crippen molar-refractivity contribution in [2.24, 2.45) is 0 Å². The second kappa shape index (κ2) is 6.31. The zero-order valence-corrected chi connectivity index (χ0v) is 12.3. The monoisotopic (exact) mass is 307 g/mol. The number of nitro groups is 1. The Morgan fingerprint density at radius 1 is 1.57 bits per heavy atom. The number of anilines is 1. The topological polar surface area (TPSA) is 98.3 Å². The second-order valence-corrected chi connectivity index (χ2v) is 5.06. The molecule has 0 radical (unpaired) electrons. The first-order chi connectivity index (χ1) is 10.0. The van der Waals surface area contributed by atoms with Gasteiger partial charge in [0.2, 0.25) is 0 Å². The third-order valence-corrected chi connectivity index (χ3v) is 3.57. The number of nitrogens with one attached hydrogen (secondary N) is 1. The van der Waals surface area contributed by atoms with Crippen LogP contribution in [0.2, 0.25) is 0 Å². The number of aromatic nitrogens is 1. The quantitative estimate of drug-likeness (QED) is 0.673. The first-order valence-electron chi connectivity index (χ1n) is 6.23. The third-order valence-electron chi connectivity index (χ3n) is 2.60. The predicted molar refractivity (Wildman–Crippen MR) is 79.5 cm³/mol. The number of allylic oxidation sites excluding steroid dienone is 1. The molecule has 1 amide bonds. The summed E-state index contributed by atoms with van der Waals surface area (Å²) in [6, 6.07) is 2.40. The van der Waals surface area contributed by atoms with Gasteiger partial charge in [-0.2, -0.15) is 0 Å². The molecule has 7 nitrogen and oxygen atoms in total. The maximum atomic E-state index is 11.9. The molecule has 0 saturated carbocycles. The highest BCUT2D eigenvalue weighted by atomic mass is 32.1. The molecule has 0 bridgehead atoms. The number of hydrogen-bond donors (Lipinski definition) is 1. The van der Waals surface area contributed by atoms with Crippen molar-refractivity contribution in [1.82, 2.24) is 4.98 Å². The molecule has 2 heterocycles. The van der Waals surface area contributed by atoms with Crippen LogP contribution < -0.4 is 5.32 Å². The van der Waals surface area contributed by atoms with Crippen molar-refractivity contribution in [2.45, 2.75) is 20.3 Å². The summed E-state index contributed by atoms with van der Waals surface area (Å²) in [7, 11) is 0. The molecule has 0 aromatic carbocycles. The fourth-order valence-corrected chi connectivity index (χ4v) is 2.68. The Labute approximate surface area is 124 Å². The number of carbonyl (C=O) groups excluding carboxylic acids is 1. The van der Waals surface area contributed by atoms with Crippen molar-refractivity contribution in [2.75, 3.05) is 5.32 Å². The van der Waals surface area contributed by atoms with E-state index in [4.69, 9.17) is 4.42 Å². The molecule has 1 N–H and O–H groups in total. The number of nitrogens with zero attached hydrogens (tertiary/aromatic N) is 2. The van der Waals surface area contributed by atoms with E-state index < -0.39 is 16.7 Å². The van der Waals surface area contributed by atoms with Gasteiger partial charge in [-0.3, -0.25) is 20.2 Å². The Kier molecular flexibility index (Phi) is 4.49. The SMILES string of the molecule is C/C=C\c1sc(NC(=O)c2ccc([N+](=O)[O-])o2)nc1CC. The Morgan fingerprint density at radius 3 is 2.90 bits per heavy atom. The molecule has 0 atom stereocenters. The van der Waals surface area contributed by atoms with Gasteiger partial charge < -0.3 is 4.42 Å². The number of thiazole rings is 1. The average molecular weight is 307 g/mol. The van der Waals surface area contributed by atoms with Gasteiger partial charge in [-0.1, -0.05) is 24.3 Å². The lowest BCUT2D eigenvalue weighted by Crippen LogP contribution is -2.10. The highest BCUT2D eigenvalue weighted by molar-refractivity contribution is 7.16. The summed E-state index contributed by atoms with van der Waals surface area (Å²) >= 11 is 1.34. The molecule has 0 aliphatic heterocycles. The van der Waals surface area contributed by atoms with Crippen LogP contribution in [0.3, 0.4) is 0 Å². The standard InChI is InChI=1S/C13H13N3O4S/c1-3-5-10-8(4-2)14-13(21-10)15-12(17)9-6-7-11(20-9)16(18)19/h3,5-7H,4H2,1-2H3,(H,14,15,17)/b5-3-. The number of aryl methyl sites for hydroxylation is 1. The number of carbonyl (C=O) groups is 1. The Balaban J connectivity index is 2.17. The maximum Gasteiger partial charge on any atom is 0.433 e. The van der Waals surface area contributed by atoms with Crippen molar-refractivity contribution < 1.29 is 14.1 Å². The summed E-state index contributed by atoms with van der Waals surface area (Å²) in [4.78, 5) is 27.0.